The van der Waals surface area contributed by atoms with Crippen molar-refractivity contribution >= 4 is 28.8 Å². The summed E-state index contributed by atoms with van der Waals surface area (Å²) in [5.41, 5.74) is 2.30. The molecule has 1 N–H and O–H groups in total. The van der Waals surface area contributed by atoms with Crippen LogP contribution in [0.5, 0.6) is 0 Å². The molecule has 0 bridgehead atoms. The Hall–Kier alpha value is -2.92. The molecule has 0 radical (unpaired) electrons. The van der Waals surface area contributed by atoms with Gasteiger partial charge in [-0.05, 0) is 48.2 Å². The monoisotopic (exact) mass is 378 g/mol. The van der Waals surface area contributed by atoms with Crippen LogP contribution in [0.15, 0.2) is 72.1 Å². The van der Waals surface area contributed by atoms with Crippen LogP contribution in [0.1, 0.15) is 33.8 Å². The first-order valence-electron chi connectivity index (χ1n) is 8.79. The Morgan fingerprint density at radius 2 is 1.81 bits per heavy atom. The quantitative estimate of drug-likeness (QED) is 0.672. The van der Waals surface area contributed by atoms with Crippen LogP contribution in [-0.4, -0.2) is 23.8 Å². The SMILES string of the molecule is C[C@H](c1cccc(NC(=O)c2ccccc2)c1)N(C)C(=O)Cc1cccs1. The summed E-state index contributed by atoms with van der Waals surface area (Å²) >= 11 is 1.59. The zero-order valence-corrected chi connectivity index (χ0v) is 16.2. The minimum Gasteiger partial charge on any atom is -0.339 e. The third kappa shape index (κ3) is 4.83. The molecule has 3 rings (SSSR count). The maximum Gasteiger partial charge on any atom is 0.255 e. The summed E-state index contributed by atoms with van der Waals surface area (Å²) in [6.07, 6.45) is 0.406. The van der Waals surface area contributed by atoms with Gasteiger partial charge < -0.3 is 10.2 Å². The van der Waals surface area contributed by atoms with Crippen LogP contribution in [0.2, 0.25) is 0 Å². The number of benzene rings is 2. The Balaban J connectivity index is 1.68. The molecule has 3 aromatic rings. The fourth-order valence-corrected chi connectivity index (χ4v) is 3.49. The summed E-state index contributed by atoms with van der Waals surface area (Å²) in [4.78, 5) is 27.7. The van der Waals surface area contributed by atoms with E-state index in [2.05, 4.69) is 5.32 Å². The van der Waals surface area contributed by atoms with E-state index in [0.717, 1.165) is 10.4 Å². The van der Waals surface area contributed by atoms with Gasteiger partial charge in [0.05, 0.1) is 12.5 Å². The van der Waals surface area contributed by atoms with Gasteiger partial charge in [-0.15, -0.1) is 11.3 Å². The van der Waals surface area contributed by atoms with Crippen LogP contribution >= 0.6 is 11.3 Å². The zero-order chi connectivity index (χ0) is 19.2. The van der Waals surface area contributed by atoms with E-state index < -0.39 is 0 Å². The van der Waals surface area contributed by atoms with E-state index in [1.165, 1.54) is 0 Å². The minimum atomic E-state index is -0.150. The minimum absolute atomic E-state index is 0.0728. The molecular weight excluding hydrogens is 356 g/mol. The molecule has 0 fully saturated rings. The summed E-state index contributed by atoms with van der Waals surface area (Å²) in [5.74, 6) is -0.0776. The normalized spacial score (nSPS) is 11.6. The third-order valence-electron chi connectivity index (χ3n) is 4.54. The van der Waals surface area contributed by atoms with Gasteiger partial charge in [-0.1, -0.05) is 36.4 Å². The fourth-order valence-electron chi connectivity index (χ4n) is 2.80. The van der Waals surface area contributed by atoms with Gasteiger partial charge in [0.15, 0.2) is 0 Å². The van der Waals surface area contributed by atoms with Crippen molar-refractivity contribution in [3.05, 3.63) is 88.1 Å². The van der Waals surface area contributed by atoms with Gasteiger partial charge in [0, 0.05) is 23.2 Å². The Morgan fingerprint density at radius 1 is 1.04 bits per heavy atom. The number of likely N-dealkylation sites (N-methyl/N-ethyl adjacent to an activating group) is 1. The van der Waals surface area contributed by atoms with Crippen molar-refractivity contribution in [1.82, 2.24) is 4.90 Å². The molecule has 0 aliphatic rings. The lowest BCUT2D eigenvalue weighted by Gasteiger charge is -2.25. The van der Waals surface area contributed by atoms with Gasteiger partial charge in [0.1, 0.15) is 0 Å². The average Bonchev–Trinajstić information content (AvgIpc) is 3.20. The van der Waals surface area contributed by atoms with E-state index in [0.29, 0.717) is 17.7 Å². The molecule has 27 heavy (non-hydrogen) atoms. The van der Waals surface area contributed by atoms with E-state index in [1.54, 1.807) is 28.4 Å². The molecule has 138 valence electrons. The highest BCUT2D eigenvalue weighted by atomic mass is 32.1. The first kappa shape index (κ1) is 18.9. The second-order valence-corrected chi connectivity index (χ2v) is 7.41. The molecule has 0 unspecified atom stereocenters. The molecule has 5 heteroatoms. The van der Waals surface area contributed by atoms with Crippen LogP contribution in [-0.2, 0) is 11.2 Å². The predicted molar refractivity (Wildman–Crippen MR) is 110 cm³/mol. The number of thiophene rings is 1. The highest BCUT2D eigenvalue weighted by molar-refractivity contribution is 7.10. The Bertz CT molecular complexity index is 907. The smallest absolute Gasteiger partial charge is 0.255 e. The van der Waals surface area contributed by atoms with Crippen molar-refractivity contribution in [2.45, 2.75) is 19.4 Å². The Labute approximate surface area is 163 Å². The number of anilines is 1. The summed E-state index contributed by atoms with van der Waals surface area (Å²) in [6, 6.07) is 20.6. The van der Waals surface area contributed by atoms with Gasteiger partial charge in [-0.2, -0.15) is 0 Å². The highest BCUT2D eigenvalue weighted by Crippen LogP contribution is 2.23. The molecule has 0 aliphatic carbocycles. The van der Waals surface area contributed by atoms with Crippen LogP contribution in [0.3, 0.4) is 0 Å². The van der Waals surface area contributed by atoms with Crippen molar-refractivity contribution in [1.29, 1.82) is 0 Å². The van der Waals surface area contributed by atoms with Crippen molar-refractivity contribution in [2.24, 2.45) is 0 Å². The van der Waals surface area contributed by atoms with E-state index in [1.807, 2.05) is 73.9 Å². The Morgan fingerprint density at radius 3 is 2.52 bits per heavy atom. The lowest BCUT2D eigenvalue weighted by Crippen LogP contribution is -2.30. The van der Waals surface area contributed by atoms with Gasteiger partial charge in [0.2, 0.25) is 5.91 Å². The maximum atomic E-state index is 12.5. The number of carbonyl (C=O) groups excluding carboxylic acids is 2. The zero-order valence-electron chi connectivity index (χ0n) is 15.4. The molecule has 0 saturated carbocycles. The summed E-state index contributed by atoms with van der Waals surface area (Å²) in [7, 11) is 1.82. The van der Waals surface area contributed by atoms with Crippen LogP contribution in [0, 0.1) is 0 Å². The summed E-state index contributed by atoms with van der Waals surface area (Å²) < 4.78 is 0. The van der Waals surface area contributed by atoms with Crippen molar-refractivity contribution < 1.29 is 9.59 Å². The maximum absolute atomic E-state index is 12.5. The Kier molecular flexibility index (Phi) is 6.04. The summed E-state index contributed by atoms with van der Waals surface area (Å²) in [6.45, 7) is 1.99. The molecule has 0 saturated heterocycles. The van der Waals surface area contributed by atoms with E-state index >= 15 is 0 Å². The molecule has 1 aromatic heterocycles. The molecule has 2 aromatic carbocycles. The van der Waals surface area contributed by atoms with Crippen LogP contribution in [0.25, 0.3) is 0 Å². The van der Waals surface area contributed by atoms with Crippen LogP contribution in [0.4, 0.5) is 5.69 Å². The van der Waals surface area contributed by atoms with Crippen molar-refractivity contribution in [3.8, 4) is 0 Å². The lowest BCUT2D eigenvalue weighted by atomic mass is 10.1. The van der Waals surface area contributed by atoms with Gasteiger partial charge in [-0.25, -0.2) is 0 Å². The fraction of sp³-hybridized carbons (Fsp3) is 0.182. The van der Waals surface area contributed by atoms with Crippen molar-refractivity contribution in [3.63, 3.8) is 0 Å². The first-order valence-corrected chi connectivity index (χ1v) is 9.67. The second kappa shape index (κ2) is 8.64. The highest BCUT2D eigenvalue weighted by Gasteiger charge is 2.18. The number of nitrogens with zero attached hydrogens (tertiary/aromatic N) is 1. The predicted octanol–water partition coefficient (Wildman–Crippen LogP) is 4.76. The largest absolute Gasteiger partial charge is 0.339 e. The lowest BCUT2D eigenvalue weighted by molar-refractivity contribution is -0.131. The molecule has 0 aliphatic heterocycles. The molecule has 2 amide bonds. The van der Waals surface area contributed by atoms with Gasteiger partial charge in [-0.3, -0.25) is 9.59 Å². The molecule has 4 nitrogen and oxygen atoms in total. The van der Waals surface area contributed by atoms with Gasteiger partial charge >= 0.3 is 0 Å². The van der Waals surface area contributed by atoms with E-state index in [4.69, 9.17) is 0 Å². The second-order valence-electron chi connectivity index (χ2n) is 6.38. The number of carbonyl (C=O) groups is 2. The molecule has 0 spiro atoms. The number of hydrogen-bond acceptors (Lipinski definition) is 3. The standard InChI is InChI=1S/C22H22N2O2S/c1-16(24(2)21(25)15-20-12-7-13-27-20)18-10-6-11-19(14-18)23-22(26)17-8-4-3-5-9-17/h3-14,16H,15H2,1-2H3,(H,23,26)/t16-/m1/s1. The number of hydrogen-bond donors (Lipinski definition) is 1. The molecular formula is C22H22N2O2S. The van der Waals surface area contributed by atoms with E-state index in [-0.39, 0.29) is 17.9 Å². The molecule has 1 heterocycles. The summed E-state index contributed by atoms with van der Waals surface area (Å²) in [5, 5.41) is 4.89. The third-order valence-corrected chi connectivity index (χ3v) is 5.42. The topological polar surface area (TPSA) is 49.4 Å². The van der Waals surface area contributed by atoms with Crippen molar-refractivity contribution in [2.75, 3.05) is 12.4 Å². The van der Waals surface area contributed by atoms with Gasteiger partial charge in [0.25, 0.3) is 5.91 Å². The number of amides is 2. The number of nitrogens with one attached hydrogen (secondary N) is 1. The molecule has 1 atom stereocenters. The average molecular weight is 378 g/mol. The van der Waals surface area contributed by atoms with Crippen LogP contribution < -0.4 is 5.32 Å². The van der Waals surface area contributed by atoms with E-state index in [9.17, 15) is 9.59 Å². The number of rotatable bonds is 6. The first-order chi connectivity index (χ1) is 13.0.